The molecule has 3 heteroatoms. The molecular weight excluding hydrogens is 491 g/mol. The first kappa shape index (κ1) is 33.7. The van der Waals surface area contributed by atoms with Gasteiger partial charge in [-0.25, -0.2) is 0 Å². The van der Waals surface area contributed by atoms with Gasteiger partial charge in [-0.1, -0.05) is 0 Å². The SMILES string of the molecule is CC(C)(C)c1cc(C(C)(C)C)c(N=[P+]=Nc2c(C(C)(C)C)cc(C(C)(C)C)cc2C(C)(C)C)c(C(C)(C)C)c1. The van der Waals surface area contributed by atoms with Gasteiger partial charge in [0, 0.05) is 0 Å². The van der Waals surface area contributed by atoms with E-state index in [9.17, 15) is 0 Å². The summed E-state index contributed by atoms with van der Waals surface area (Å²) in [5, 5.41) is 0. The molecule has 2 aromatic rings. The van der Waals surface area contributed by atoms with Crippen LogP contribution >= 0.6 is 8.16 Å². The molecule has 0 spiro atoms. The van der Waals surface area contributed by atoms with Crippen LogP contribution in [-0.4, -0.2) is 0 Å². The molecule has 0 amide bonds. The summed E-state index contributed by atoms with van der Waals surface area (Å²) in [6.07, 6.45) is 0. The zero-order valence-corrected chi connectivity index (χ0v) is 29.5. The molecule has 0 aliphatic carbocycles. The number of rotatable bonds is 2. The van der Waals surface area contributed by atoms with Gasteiger partial charge in [0.2, 0.25) is 0 Å². The summed E-state index contributed by atoms with van der Waals surface area (Å²) in [4.78, 5) is 0. The summed E-state index contributed by atoms with van der Waals surface area (Å²) in [7, 11) is 0.732. The van der Waals surface area contributed by atoms with E-state index >= 15 is 0 Å². The summed E-state index contributed by atoms with van der Waals surface area (Å²) in [5.41, 5.74) is 10.2. The van der Waals surface area contributed by atoms with E-state index in [0.29, 0.717) is 0 Å². The normalized spacial score (nSPS) is 13.9. The van der Waals surface area contributed by atoms with E-state index in [1.807, 2.05) is 0 Å². The van der Waals surface area contributed by atoms with Crippen molar-refractivity contribution in [1.82, 2.24) is 0 Å². The summed E-state index contributed by atoms with van der Waals surface area (Å²) in [6.45, 7) is 41.4. The molecule has 2 rings (SSSR count). The summed E-state index contributed by atoms with van der Waals surface area (Å²) in [5.74, 6) is 0. The van der Waals surface area contributed by atoms with Crippen LogP contribution in [0.1, 0.15) is 158 Å². The Kier molecular flexibility index (Phi) is 9.24. The van der Waals surface area contributed by atoms with E-state index in [1.54, 1.807) is 0 Å². The van der Waals surface area contributed by atoms with Crippen molar-refractivity contribution in [2.75, 3.05) is 0 Å². The Morgan fingerprint density at radius 3 is 0.718 bits per heavy atom. The van der Waals surface area contributed by atoms with E-state index in [4.69, 9.17) is 9.49 Å². The number of benzene rings is 2. The number of nitrogens with zero attached hydrogens (tertiary/aromatic N) is 2. The molecule has 0 heterocycles. The van der Waals surface area contributed by atoms with Crippen molar-refractivity contribution in [1.29, 1.82) is 0 Å². The fraction of sp³-hybridized carbons (Fsp3) is 0.667. The Labute approximate surface area is 243 Å². The molecule has 0 unspecified atom stereocenters. The Morgan fingerprint density at radius 1 is 0.359 bits per heavy atom. The average Bonchev–Trinajstić information content (AvgIpc) is 2.68. The van der Waals surface area contributed by atoms with Crippen LogP contribution < -0.4 is 0 Å². The quantitative estimate of drug-likeness (QED) is 0.333. The molecule has 0 bridgehead atoms. The van der Waals surface area contributed by atoms with E-state index in [2.05, 4.69) is 149 Å². The molecule has 0 fully saturated rings. The van der Waals surface area contributed by atoms with Gasteiger partial charge in [-0.05, 0) is 0 Å². The second-order valence-electron chi connectivity index (χ2n) is 17.6. The zero-order chi connectivity index (χ0) is 30.6. The van der Waals surface area contributed by atoms with Gasteiger partial charge in [0.1, 0.15) is 0 Å². The van der Waals surface area contributed by atoms with Crippen molar-refractivity contribution >= 4 is 19.5 Å². The van der Waals surface area contributed by atoms with Crippen LogP contribution in [0.15, 0.2) is 33.8 Å². The topological polar surface area (TPSA) is 24.7 Å². The minimum atomic E-state index is -0.0306. The third kappa shape index (κ3) is 8.25. The van der Waals surface area contributed by atoms with E-state index < -0.39 is 0 Å². The molecule has 0 aliphatic rings. The van der Waals surface area contributed by atoms with Crippen molar-refractivity contribution in [3.05, 3.63) is 57.6 Å². The third-order valence-electron chi connectivity index (χ3n) is 7.47. The van der Waals surface area contributed by atoms with Crippen LogP contribution in [0.25, 0.3) is 0 Å². The van der Waals surface area contributed by atoms with Crippen LogP contribution in [0.4, 0.5) is 11.4 Å². The number of hydrogen-bond donors (Lipinski definition) is 0. The van der Waals surface area contributed by atoms with Crippen LogP contribution in [0.2, 0.25) is 0 Å². The van der Waals surface area contributed by atoms with Gasteiger partial charge in [-0.15, -0.1) is 0 Å². The molecule has 0 radical (unpaired) electrons. The first-order valence-electron chi connectivity index (χ1n) is 14.7. The van der Waals surface area contributed by atoms with Crippen LogP contribution in [0, 0.1) is 0 Å². The van der Waals surface area contributed by atoms with Gasteiger partial charge in [-0.2, -0.15) is 0 Å². The standard InChI is InChI=1S/C36H58N2P/c1-31(2,3)23-19-25(33(7,8)9)29(26(20-23)34(10,11)12)37-39-38-30-27(35(13,14)15)21-24(32(4,5)6)22-28(30)36(16,17)18/h19-22H,1-18H3/q+1. The van der Waals surface area contributed by atoms with Gasteiger partial charge in [-0.3, -0.25) is 0 Å². The third-order valence-corrected chi connectivity index (χ3v) is 8.05. The molecular formula is C36H58N2P+. The molecule has 2 aromatic carbocycles. The van der Waals surface area contributed by atoms with Crippen molar-refractivity contribution in [2.24, 2.45) is 9.49 Å². The molecule has 0 saturated heterocycles. The monoisotopic (exact) mass is 549 g/mol. The Bertz CT molecular complexity index is 1090. The minimum absolute atomic E-state index is 0.0306. The van der Waals surface area contributed by atoms with Crippen LogP contribution in [0.3, 0.4) is 0 Å². The molecule has 0 N–H and O–H groups in total. The van der Waals surface area contributed by atoms with Gasteiger partial charge in [0.15, 0.2) is 0 Å². The predicted octanol–water partition coefficient (Wildman–Crippen LogP) is 12.7. The Hall–Kier alpha value is -1.53. The predicted molar refractivity (Wildman–Crippen MR) is 176 cm³/mol. The average molecular weight is 550 g/mol. The first-order valence-corrected chi connectivity index (χ1v) is 15.5. The maximum absolute atomic E-state index is 5.28. The van der Waals surface area contributed by atoms with Crippen molar-refractivity contribution in [3.63, 3.8) is 0 Å². The van der Waals surface area contributed by atoms with Crippen molar-refractivity contribution in [3.8, 4) is 0 Å². The molecule has 0 aliphatic heterocycles. The fourth-order valence-corrected chi connectivity index (χ4v) is 5.40. The maximum atomic E-state index is 5.28. The molecule has 2 nitrogen and oxygen atoms in total. The Balaban J connectivity index is 3.02. The van der Waals surface area contributed by atoms with Crippen molar-refractivity contribution < 1.29 is 0 Å². The second-order valence-corrected chi connectivity index (χ2v) is 18.2. The molecule has 0 aromatic heterocycles. The van der Waals surface area contributed by atoms with Crippen LogP contribution in [-0.2, 0) is 32.5 Å². The van der Waals surface area contributed by atoms with E-state index in [-0.39, 0.29) is 32.5 Å². The summed E-state index contributed by atoms with van der Waals surface area (Å²) >= 11 is 0. The molecule has 0 atom stereocenters. The molecule has 216 valence electrons. The molecule has 0 saturated carbocycles. The Morgan fingerprint density at radius 2 is 0.564 bits per heavy atom. The zero-order valence-electron chi connectivity index (χ0n) is 28.7. The number of hydrogen-bond acceptors (Lipinski definition) is 2. The van der Waals surface area contributed by atoms with Gasteiger partial charge in [0.25, 0.3) is 0 Å². The van der Waals surface area contributed by atoms with Crippen LogP contribution in [0.5, 0.6) is 0 Å². The van der Waals surface area contributed by atoms with Gasteiger partial charge in [0.05, 0.1) is 0 Å². The first-order chi connectivity index (χ1) is 17.1. The van der Waals surface area contributed by atoms with E-state index in [0.717, 1.165) is 19.5 Å². The van der Waals surface area contributed by atoms with Crippen molar-refractivity contribution in [2.45, 2.75) is 157 Å². The summed E-state index contributed by atoms with van der Waals surface area (Å²) < 4.78 is 10.6. The van der Waals surface area contributed by atoms with Gasteiger partial charge < -0.3 is 0 Å². The van der Waals surface area contributed by atoms with E-state index in [1.165, 1.54) is 33.4 Å². The molecule has 39 heavy (non-hydrogen) atoms. The van der Waals surface area contributed by atoms with Gasteiger partial charge >= 0.3 is 244 Å². The fourth-order valence-electron chi connectivity index (χ4n) is 4.75. The second kappa shape index (κ2) is 10.7. The summed E-state index contributed by atoms with van der Waals surface area (Å²) in [6, 6.07) is 9.57.